The van der Waals surface area contributed by atoms with E-state index in [9.17, 15) is 9.59 Å². The van der Waals surface area contributed by atoms with E-state index in [4.69, 9.17) is 11.5 Å². The van der Waals surface area contributed by atoms with Crippen molar-refractivity contribution in [3.8, 4) is 0 Å². The van der Waals surface area contributed by atoms with E-state index in [1.807, 2.05) is 84.0 Å². The van der Waals surface area contributed by atoms with Crippen molar-refractivity contribution in [1.29, 1.82) is 0 Å². The first kappa shape index (κ1) is 20.6. The number of carbonyl (C=O) groups is 2. The van der Waals surface area contributed by atoms with Gasteiger partial charge in [-0.05, 0) is 18.6 Å². The number of guanidine groups is 1. The molecule has 2 aromatic heterocycles. The van der Waals surface area contributed by atoms with Gasteiger partial charge in [-0.25, -0.2) is 4.99 Å². The zero-order chi connectivity index (χ0) is 23.3. The number of rotatable bonds is 5. The van der Waals surface area contributed by atoms with Crippen LogP contribution in [-0.2, 0) is 16.6 Å². The van der Waals surface area contributed by atoms with Crippen molar-refractivity contribution >= 4 is 50.7 Å². The number of amides is 2. The van der Waals surface area contributed by atoms with E-state index in [2.05, 4.69) is 10.3 Å². The van der Waals surface area contributed by atoms with Crippen molar-refractivity contribution in [2.45, 2.75) is 19.5 Å². The Morgan fingerprint density at radius 2 is 1.45 bits per heavy atom. The molecule has 3 heterocycles. The molecule has 0 radical (unpaired) electrons. The molecule has 33 heavy (non-hydrogen) atoms. The number of aryl methyl sites for hydroxylation is 1. The number of fused-ring (bicyclic) bond motifs is 2. The number of hydrogen-bond acceptors (Lipinski definition) is 3. The van der Waals surface area contributed by atoms with E-state index < -0.39 is 11.8 Å². The molecule has 0 bridgehead atoms. The van der Waals surface area contributed by atoms with Gasteiger partial charge < -0.3 is 20.6 Å². The molecule has 0 spiro atoms. The molecule has 2 aromatic carbocycles. The largest absolute Gasteiger partial charge is 0.370 e. The average Bonchev–Trinajstić information content (AvgIpc) is 3.43. The van der Waals surface area contributed by atoms with Gasteiger partial charge in [-0.3, -0.25) is 14.9 Å². The van der Waals surface area contributed by atoms with Crippen LogP contribution in [0.3, 0.4) is 0 Å². The van der Waals surface area contributed by atoms with Gasteiger partial charge in [0, 0.05) is 46.9 Å². The molecule has 5 rings (SSSR count). The number of imide groups is 1. The second-order valence-corrected chi connectivity index (χ2v) is 8.11. The molecule has 2 amide bonds. The summed E-state index contributed by atoms with van der Waals surface area (Å²) in [6, 6.07) is 15.5. The number of aromatic nitrogens is 2. The second kappa shape index (κ2) is 7.67. The van der Waals surface area contributed by atoms with Gasteiger partial charge >= 0.3 is 0 Å². The number of nitrogens with two attached hydrogens (primary N) is 2. The Morgan fingerprint density at radius 3 is 2.06 bits per heavy atom. The van der Waals surface area contributed by atoms with Gasteiger partial charge in [0.05, 0.1) is 16.7 Å². The standard InChI is InChI=1S/C25H24N6O2/c1-3-20(28-25(26)27)31-13-17(15-9-5-7-11-19(15)31)22-21(23(32)29-24(22)33)16-12-30(2)18-10-6-4-8-14(16)18/h4-13,20H,3H2,1-2H3,(H4,26,27,28)(H,29,32,33). The van der Waals surface area contributed by atoms with E-state index in [0.717, 1.165) is 27.4 Å². The van der Waals surface area contributed by atoms with Crippen LogP contribution in [0.5, 0.6) is 0 Å². The van der Waals surface area contributed by atoms with Gasteiger partial charge in [0.25, 0.3) is 11.8 Å². The zero-order valence-corrected chi connectivity index (χ0v) is 18.4. The normalized spacial score (nSPS) is 14.8. The monoisotopic (exact) mass is 440 g/mol. The molecule has 1 aliphatic rings. The highest BCUT2D eigenvalue weighted by atomic mass is 16.2. The summed E-state index contributed by atoms with van der Waals surface area (Å²) in [5.41, 5.74) is 15.3. The maximum Gasteiger partial charge on any atom is 0.259 e. The van der Waals surface area contributed by atoms with Crippen LogP contribution in [0.25, 0.3) is 33.0 Å². The van der Waals surface area contributed by atoms with E-state index in [-0.39, 0.29) is 12.1 Å². The Kier molecular flexibility index (Phi) is 4.78. The summed E-state index contributed by atoms with van der Waals surface area (Å²) in [6.07, 6.45) is 4.07. The molecule has 1 aliphatic heterocycles. The Labute approximate surface area is 190 Å². The molecule has 5 N–H and O–H groups in total. The summed E-state index contributed by atoms with van der Waals surface area (Å²) < 4.78 is 3.91. The van der Waals surface area contributed by atoms with Crippen LogP contribution in [0.4, 0.5) is 0 Å². The number of nitrogens with one attached hydrogen (secondary N) is 1. The third kappa shape index (κ3) is 3.18. The van der Waals surface area contributed by atoms with Crippen LogP contribution in [0, 0.1) is 0 Å². The molecule has 1 unspecified atom stereocenters. The summed E-state index contributed by atoms with van der Waals surface area (Å²) >= 11 is 0. The van der Waals surface area contributed by atoms with Crippen molar-refractivity contribution in [3.05, 3.63) is 72.1 Å². The summed E-state index contributed by atoms with van der Waals surface area (Å²) in [4.78, 5) is 30.5. The fraction of sp³-hybridized carbons (Fsp3) is 0.160. The van der Waals surface area contributed by atoms with Crippen LogP contribution in [0.1, 0.15) is 30.6 Å². The van der Waals surface area contributed by atoms with Gasteiger partial charge in [-0.15, -0.1) is 0 Å². The lowest BCUT2D eigenvalue weighted by atomic mass is 9.95. The minimum absolute atomic E-state index is 0.00868. The Bertz CT molecular complexity index is 1500. The van der Waals surface area contributed by atoms with E-state index >= 15 is 0 Å². The summed E-state index contributed by atoms with van der Waals surface area (Å²) in [7, 11) is 1.92. The molecule has 1 atom stereocenters. The Hall–Kier alpha value is -4.33. The highest BCUT2D eigenvalue weighted by molar-refractivity contribution is 6.50. The van der Waals surface area contributed by atoms with Crippen molar-refractivity contribution < 1.29 is 9.59 Å². The number of para-hydroxylation sites is 2. The van der Waals surface area contributed by atoms with Crippen molar-refractivity contribution in [3.63, 3.8) is 0 Å². The van der Waals surface area contributed by atoms with Gasteiger partial charge in [-0.2, -0.15) is 0 Å². The van der Waals surface area contributed by atoms with Crippen molar-refractivity contribution in [1.82, 2.24) is 14.5 Å². The van der Waals surface area contributed by atoms with Gasteiger partial charge in [-0.1, -0.05) is 43.3 Å². The topological polar surface area (TPSA) is 120 Å². The van der Waals surface area contributed by atoms with E-state index in [1.165, 1.54) is 0 Å². The lowest BCUT2D eigenvalue weighted by Crippen LogP contribution is -2.24. The average molecular weight is 441 g/mol. The summed E-state index contributed by atoms with van der Waals surface area (Å²) in [5, 5.41) is 4.26. The Balaban J connectivity index is 1.83. The van der Waals surface area contributed by atoms with Crippen molar-refractivity contribution in [2.24, 2.45) is 23.5 Å². The van der Waals surface area contributed by atoms with Crippen LogP contribution in [-0.4, -0.2) is 26.9 Å². The quantitative estimate of drug-likeness (QED) is 0.251. The lowest BCUT2D eigenvalue weighted by Gasteiger charge is -2.14. The van der Waals surface area contributed by atoms with E-state index in [1.54, 1.807) is 0 Å². The van der Waals surface area contributed by atoms with E-state index in [0.29, 0.717) is 23.1 Å². The molecule has 8 heteroatoms. The number of benzene rings is 2. The highest BCUT2D eigenvalue weighted by Crippen LogP contribution is 2.39. The second-order valence-electron chi connectivity index (χ2n) is 8.11. The lowest BCUT2D eigenvalue weighted by molar-refractivity contribution is -0.122. The first-order chi connectivity index (χ1) is 15.9. The van der Waals surface area contributed by atoms with Gasteiger partial charge in [0.1, 0.15) is 6.17 Å². The molecule has 0 aliphatic carbocycles. The molecule has 0 saturated heterocycles. The predicted octanol–water partition coefficient (Wildman–Crippen LogP) is 2.88. The maximum atomic E-state index is 13.1. The minimum Gasteiger partial charge on any atom is -0.370 e. The first-order valence-corrected chi connectivity index (χ1v) is 10.7. The number of hydrogen-bond donors (Lipinski definition) is 3. The fourth-order valence-corrected chi connectivity index (χ4v) is 4.68. The third-order valence-corrected chi connectivity index (χ3v) is 6.09. The zero-order valence-electron chi connectivity index (χ0n) is 18.4. The van der Waals surface area contributed by atoms with Crippen LogP contribution < -0.4 is 16.8 Å². The summed E-state index contributed by atoms with van der Waals surface area (Å²) in [5.74, 6) is -0.828. The number of aliphatic imine (C=N–C) groups is 1. The van der Waals surface area contributed by atoms with Crippen LogP contribution in [0.15, 0.2) is 65.9 Å². The molecule has 8 nitrogen and oxygen atoms in total. The predicted molar refractivity (Wildman–Crippen MR) is 130 cm³/mol. The molecular weight excluding hydrogens is 416 g/mol. The highest BCUT2D eigenvalue weighted by Gasteiger charge is 2.35. The SMILES string of the molecule is CCC(N=C(N)N)n1cc(C2=C(c3cn(C)c4ccccc34)C(=O)NC2=O)c2ccccc21. The number of nitrogens with zero attached hydrogens (tertiary/aromatic N) is 3. The smallest absolute Gasteiger partial charge is 0.259 e. The van der Waals surface area contributed by atoms with Crippen LogP contribution in [0.2, 0.25) is 0 Å². The fourth-order valence-electron chi connectivity index (χ4n) is 4.68. The molecule has 4 aromatic rings. The Morgan fingerprint density at radius 1 is 0.909 bits per heavy atom. The minimum atomic E-state index is -0.416. The van der Waals surface area contributed by atoms with Crippen molar-refractivity contribution in [2.75, 3.05) is 0 Å². The molecule has 0 fully saturated rings. The number of carbonyl (C=O) groups excluding carboxylic acids is 2. The van der Waals surface area contributed by atoms with Crippen LogP contribution >= 0.6 is 0 Å². The van der Waals surface area contributed by atoms with Gasteiger partial charge in [0.15, 0.2) is 5.96 Å². The third-order valence-electron chi connectivity index (χ3n) is 6.09. The van der Waals surface area contributed by atoms with Gasteiger partial charge in [0.2, 0.25) is 0 Å². The maximum absolute atomic E-state index is 13.1. The molecule has 0 saturated carbocycles. The summed E-state index contributed by atoms with van der Waals surface area (Å²) in [6.45, 7) is 1.98. The molecular formula is C25H24N6O2. The molecule has 166 valence electrons. The first-order valence-electron chi connectivity index (χ1n) is 10.7.